The van der Waals surface area contributed by atoms with Crippen LogP contribution in [0.2, 0.25) is 0 Å². The Balaban J connectivity index is 2.50. The van der Waals surface area contributed by atoms with E-state index in [4.69, 9.17) is 17.0 Å². The van der Waals surface area contributed by atoms with E-state index in [1.807, 2.05) is 6.92 Å². The first-order chi connectivity index (χ1) is 12.5. The highest BCUT2D eigenvalue weighted by atomic mass is 32.1. The molecule has 7 nitrogen and oxygen atoms in total. The fraction of sp³-hybridized carbons (Fsp3) is 0.778. The van der Waals surface area contributed by atoms with Crippen LogP contribution in [0.3, 0.4) is 0 Å². The van der Waals surface area contributed by atoms with Crippen LogP contribution in [0.5, 0.6) is 0 Å². The molecule has 1 atom stereocenters. The number of esters is 1. The summed E-state index contributed by atoms with van der Waals surface area (Å²) in [7, 11) is 0. The van der Waals surface area contributed by atoms with Gasteiger partial charge in [0.15, 0.2) is 5.11 Å². The Kier molecular flexibility index (Phi) is 10.8. The zero-order valence-corrected chi connectivity index (χ0v) is 16.7. The minimum atomic E-state index is -0.745. The van der Waals surface area contributed by atoms with Gasteiger partial charge in [-0.3, -0.25) is 14.4 Å². The number of unbranched alkanes of at least 4 members (excludes halogenated alkanes) is 4. The Hall–Kier alpha value is -1.70. The van der Waals surface area contributed by atoms with Crippen molar-refractivity contribution in [3.63, 3.8) is 0 Å². The van der Waals surface area contributed by atoms with Crippen LogP contribution in [0.25, 0.3) is 0 Å². The van der Waals surface area contributed by atoms with Crippen molar-refractivity contribution in [2.45, 2.75) is 71.3 Å². The molecule has 1 fully saturated rings. The number of nitrogens with zero attached hydrogens (tertiary/aromatic N) is 1. The zero-order chi connectivity index (χ0) is 19.4. The van der Waals surface area contributed by atoms with Crippen LogP contribution in [-0.2, 0) is 19.1 Å². The van der Waals surface area contributed by atoms with Gasteiger partial charge in [-0.1, -0.05) is 39.5 Å². The predicted octanol–water partition coefficient (Wildman–Crippen LogP) is 1.89. The number of piperazine rings is 1. The maximum Gasteiger partial charge on any atom is 0.308 e. The number of amides is 2. The highest BCUT2D eigenvalue weighted by molar-refractivity contribution is 7.80. The van der Waals surface area contributed by atoms with Crippen molar-refractivity contribution in [3.8, 4) is 0 Å². The van der Waals surface area contributed by atoms with Gasteiger partial charge in [0, 0.05) is 19.5 Å². The molecule has 0 bridgehead atoms. The summed E-state index contributed by atoms with van der Waals surface area (Å²) < 4.78 is 5.06. The van der Waals surface area contributed by atoms with Crippen molar-refractivity contribution >= 4 is 35.1 Å². The molecule has 26 heavy (non-hydrogen) atoms. The zero-order valence-electron chi connectivity index (χ0n) is 15.8. The highest BCUT2D eigenvalue weighted by Gasteiger charge is 2.34. The Morgan fingerprint density at radius 1 is 1.23 bits per heavy atom. The third-order valence-corrected chi connectivity index (χ3v) is 4.51. The molecule has 8 heteroatoms. The SMILES string of the molecule is CCCCCCCC(=O)NC(=S)N1CCNC(=O)C1CC(=O)OCCC. The molecule has 0 aliphatic carbocycles. The van der Waals surface area contributed by atoms with E-state index < -0.39 is 12.0 Å². The average Bonchev–Trinajstić information content (AvgIpc) is 2.61. The van der Waals surface area contributed by atoms with Gasteiger partial charge in [-0.05, 0) is 25.1 Å². The number of hydrogen-bond donors (Lipinski definition) is 2. The normalized spacial score (nSPS) is 16.8. The molecule has 1 aliphatic rings. The van der Waals surface area contributed by atoms with E-state index in [9.17, 15) is 14.4 Å². The van der Waals surface area contributed by atoms with Crippen molar-refractivity contribution in [1.29, 1.82) is 0 Å². The Labute approximate surface area is 161 Å². The van der Waals surface area contributed by atoms with Gasteiger partial charge in [0.05, 0.1) is 13.0 Å². The topological polar surface area (TPSA) is 87.7 Å². The van der Waals surface area contributed by atoms with Crippen LogP contribution in [0.15, 0.2) is 0 Å². The Bertz CT molecular complexity index is 499. The van der Waals surface area contributed by atoms with E-state index in [1.54, 1.807) is 4.90 Å². The lowest BCUT2D eigenvalue weighted by molar-refractivity contribution is -0.147. The molecule has 0 radical (unpaired) electrons. The largest absolute Gasteiger partial charge is 0.466 e. The second kappa shape index (κ2) is 12.6. The maximum atomic E-state index is 12.1. The van der Waals surface area contributed by atoms with Crippen LogP contribution in [0.1, 0.15) is 65.2 Å². The van der Waals surface area contributed by atoms with Crippen molar-refractivity contribution < 1.29 is 19.1 Å². The third kappa shape index (κ3) is 8.12. The summed E-state index contributed by atoms with van der Waals surface area (Å²) in [5, 5.41) is 5.62. The van der Waals surface area contributed by atoms with Gasteiger partial charge < -0.3 is 20.3 Å². The lowest BCUT2D eigenvalue weighted by Gasteiger charge is -2.36. The predicted molar refractivity (Wildman–Crippen MR) is 103 cm³/mol. The monoisotopic (exact) mass is 385 g/mol. The second-order valence-electron chi connectivity index (χ2n) is 6.44. The number of nitrogens with one attached hydrogen (secondary N) is 2. The van der Waals surface area contributed by atoms with Crippen LogP contribution in [-0.4, -0.2) is 53.5 Å². The molecule has 2 amide bonds. The van der Waals surface area contributed by atoms with Gasteiger partial charge in [-0.25, -0.2) is 0 Å². The van der Waals surface area contributed by atoms with E-state index in [0.717, 1.165) is 32.1 Å². The fourth-order valence-electron chi connectivity index (χ4n) is 2.74. The molecule has 2 N–H and O–H groups in total. The number of hydrogen-bond acceptors (Lipinski definition) is 5. The summed E-state index contributed by atoms with van der Waals surface area (Å²) in [6, 6.07) is -0.745. The summed E-state index contributed by atoms with van der Waals surface area (Å²) in [6.45, 7) is 5.25. The van der Waals surface area contributed by atoms with Gasteiger partial charge in [0.2, 0.25) is 11.8 Å². The second-order valence-corrected chi connectivity index (χ2v) is 6.83. The fourth-order valence-corrected chi connectivity index (χ4v) is 3.07. The molecule has 148 valence electrons. The quantitative estimate of drug-likeness (QED) is 0.339. The molecular weight excluding hydrogens is 354 g/mol. The Morgan fingerprint density at radius 2 is 1.96 bits per heavy atom. The lowest BCUT2D eigenvalue weighted by Crippen LogP contribution is -2.60. The van der Waals surface area contributed by atoms with Crippen LogP contribution in [0.4, 0.5) is 0 Å². The molecule has 1 rings (SSSR count). The van der Waals surface area contributed by atoms with Crippen molar-refractivity contribution in [1.82, 2.24) is 15.5 Å². The summed E-state index contributed by atoms with van der Waals surface area (Å²) in [5.41, 5.74) is 0. The molecule has 0 aromatic carbocycles. The highest BCUT2D eigenvalue weighted by Crippen LogP contribution is 2.11. The van der Waals surface area contributed by atoms with E-state index in [-0.39, 0.29) is 23.3 Å². The van der Waals surface area contributed by atoms with Gasteiger partial charge >= 0.3 is 5.97 Å². The summed E-state index contributed by atoms with van der Waals surface area (Å²) >= 11 is 5.30. The molecule has 1 unspecified atom stereocenters. The van der Waals surface area contributed by atoms with E-state index in [2.05, 4.69) is 17.6 Å². The van der Waals surface area contributed by atoms with E-state index in [0.29, 0.717) is 26.1 Å². The van der Waals surface area contributed by atoms with Crippen LogP contribution in [0, 0.1) is 0 Å². The van der Waals surface area contributed by atoms with E-state index in [1.165, 1.54) is 6.42 Å². The smallest absolute Gasteiger partial charge is 0.308 e. The average molecular weight is 386 g/mol. The van der Waals surface area contributed by atoms with Gasteiger partial charge in [0.25, 0.3) is 0 Å². The van der Waals surface area contributed by atoms with Crippen LogP contribution >= 0.6 is 12.2 Å². The third-order valence-electron chi connectivity index (χ3n) is 4.17. The lowest BCUT2D eigenvalue weighted by atomic mass is 10.1. The molecule has 1 heterocycles. The minimum Gasteiger partial charge on any atom is -0.466 e. The minimum absolute atomic E-state index is 0.0845. The number of carbonyl (C=O) groups excluding carboxylic acids is 3. The number of thiocarbonyl (C=S) groups is 1. The molecule has 0 saturated carbocycles. The number of carbonyl (C=O) groups is 3. The van der Waals surface area contributed by atoms with Crippen molar-refractivity contribution in [2.24, 2.45) is 0 Å². The van der Waals surface area contributed by atoms with Gasteiger partial charge in [-0.15, -0.1) is 0 Å². The summed E-state index contributed by atoms with van der Waals surface area (Å²) in [4.78, 5) is 37.7. The number of ether oxygens (including phenoxy) is 1. The number of rotatable bonds is 10. The standard InChI is InChI=1S/C18H31N3O4S/c1-3-5-6-7-8-9-15(22)20-18(26)21-11-10-19-17(24)14(21)13-16(23)25-12-4-2/h14H,3-13H2,1-2H3,(H,19,24)(H,20,22,26). The first kappa shape index (κ1) is 22.3. The Morgan fingerprint density at radius 3 is 2.65 bits per heavy atom. The molecular formula is C18H31N3O4S. The molecule has 0 aromatic rings. The first-order valence-electron chi connectivity index (χ1n) is 9.53. The summed E-state index contributed by atoms with van der Waals surface area (Å²) in [5.74, 6) is -0.866. The molecule has 0 spiro atoms. The first-order valence-corrected chi connectivity index (χ1v) is 9.94. The van der Waals surface area contributed by atoms with Crippen molar-refractivity contribution in [3.05, 3.63) is 0 Å². The van der Waals surface area contributed by atoms with E-state index >= 15 is 0 Å². The molecule has 0 aromatic heterocycles. The summed E-state index contributed by atoms with van der Waals surface area (Å²) in [6.07, 6.45) is 6.36. The maximum absolute atomic E-state index is 12.1. The molecule has 1 aliphatic heterocycles. The van der Waals surface area contributed by atoms with Crippen LogP contribution < -0.4 is 10.6 Å². The van der Waals surface area contributed by atoms with Crippen molar-refractivity contribution in [2.75, 3.05) is 19.7 Å². The van der Waals surface area contributed by atoms with Gasteiger partial charge in [-0.2, -0.15) is 0 Å². The molecule has 1 saturated heterocycles. The van der Waals surface area contributed by atoms with Gasteiger partial charge in [0.1, 0.15) is 6.04 Å².